The predicted molar refractivity (Wildman–Crippen MR) is 141 cm³/mol. The molecular formula is C24H31N5O4S2. The normalized spacial score (nSPS) is 17.9. The van der Waals surface area contributed by atoms with Crippen molar-refractivity contribution >= 4 is 52.1 Å². The molecule has 9 nitrogen and oxygen atoms in total. The third kappa shape index (κ3) is 5.94. The number of thiocarbonyl (C=S) groups is 1. The average Bonchev–Trinajstić information content (AvgIpc) is 3.10. The highest BCUT2D eigenvalue weighted by atomic mass is 32.2. The van der Waals surface area contributed by atoms with Gasteiger partial charge in [-0.15, -0.1) is 0 Å². The summed E-state index contributed by atoms with van der Waals surface area (Å²) in [5, 5.41) is 18.4. The molecule has 1 aromatic rings. The molecule has 0 aromatic carbocycles. The molecule has 11 heteroatoms. The summed E-state index contributed by atoms with van der Waals surface area (Å²) < 4.78 is 1.97. The van der Waals surface area contributed by atoms with Crippen molar-refractivity contribution in [3.8, 4) is 6.07 Å². The van der Waals surface area contributed by atoms with Gasteiger partial charge in [0.1, 0.15) is 21.8 Å². The summed E-state index contributed by atoms with van der Waals surface area (Å²) >= 11 is 6.67. The maximum absolute atomic E-state index is 13.2. The predicted octanol–water partition coefficient (Wildman–Crippen LogP) is 2.55. The minimum absolute atomic E-state index is 0.0728. The standard InChI is InChI=1S/C24H31N5O4S2/c1-4-27-10-12-28(13-11-27)21-17(16(2)18(15-25)22(32)26(21)3)14-19-23(33)29(24(34)35-19)9-7-5-6-8-20(30)31/h14H,4-13H2,1-3H3,(H,30,31). The van der Waals surface area contributed by atoms with E-state index in [0.717, 1.165) is 32.7 Å². The monoisotopic (exact) mass is 517 g/mol. The van der Waals surface area contributed by atoms with Crippen LogP contribution in [0.15, 0.2) is 9.70 Å². The van der Waals surface area contributed by atoms with Gasteiger partial charge in [-0.2, -0.15) is 5.26 Å². The van der Waals surface area contributed by atoms with Gasteiger partial charge >= 0.3 is 5.97 Å². The average molecular weight is 518 g/mol. The first-order valence-electron chi connectivity index (χ1n) is 11.8. The Morgan fingerprint density at radius 1 is 1.20 bits per heavy atom. The maximum atomic E-state index is 13.2. The number of piperazine rings is 1. The third-order valence-electron chi connectivity index (χ3n) is 6.51. The van der Waals surface area contributed by atoms with Crippen LogP contribution in [0, 0.1) is 18.3 Å². The van der Waals surface area contributed by atoms with Crippen molar-refractivity contribution in [3.05, 3.63) is 31.9 Å². The second kappa shape index (κ2) is 11.8. The molecule has 0 atom stereocenters. The van der Waals surface area contributed by atoms with Crippen molar-refractivity contribution in [1.82, 2.24) is 14.4 Å². The van der Waals surface area contributed by atoms with E-state index >= 15 is 0 Å². The highest BCUT2D eigenvalue weighted by Crippen LogP contribution is 2.36. The van der Waals surface area contributed by atoms with Gasteiger partial charge < -0.3 is 14.9 Å². The molecule has 2 fully saturated rings. The molecule has 0 aliphatic carbocycles. The molecule has 2 saturated heterocycles. The van der Waals surface area contributed by atoms with Gasteiger partial charge in [0.05, 0.1) is 4.91 Å². The number of likely N-dealkylation sites (N-methyl/N-ethyl adjacent to an activating group) is 1. The number of carboxylic acid groups (broad SMARTS) is 1. The number of pyridine rings is 1. The molecule has 0 unspecified atom stereocenters. The molecule has 2 aliphatic heterocycles. The van der Waals surface area contributed by atoms with Crippen molar-refractivity contribution < 1.29 is 14.7 Å². The van der Waals surface area contributed by atoms with E-state index in [9.17, 15) is 19.6 Å². The Bertz CT molecular complexity index is 1150. The highest BCUT2D eigenvalue weighted by Gasteiger charge is 2.33. The number of anilines is 1. The lowest BCUT2D eigenvalue weighted by Gasteiger charge is -2.37. The Morgan fingerprint density at radius 2 is 1.89 bits per heavy atom. The van der Waals surface area contributed by atoms with Gasteiger partial charge in [0.2, 0.25) is 0 Å². The summed E-state index contributed by atoms with van der Waals surface area (Å²) in [4.78, 5) is 43.3. The van der Waals surface area contributed by atoms with E-state index in [1.165, 1.54) is 16.3 Å². The summed E-state index contributed by atoms with van der Waals surface area (Å²) in [5.74, 6) is -0.317. The van der Waals surface area contributed by atoms with Gasteiger partial charge in [0.15, 0.2) is 0 Å². The van der Waals surface area contributed by atoms with E-state index in [1.54, 1.807) is 24.9 Å². The molecule has 188 valence electrons. The Morgan fingerprint density at radius 3 is 2.49 bits per heavy atom. The first-order valence-corrected chi connectivity index (χ1v) is 13.0. The molecule has 1 N–H and O–H groups in total. The van der Waals surface area contributed by atoms with Crippen LogP contribution >= 0.6 is 24.0 Å². The summed E-state index contributed by atoms with van der Waals surface area (Å²) in [6.07, 6.45) is 3.80. The van der Waals surface area contributed by atoms with Crippen molar-refractivity contribution in [3.63, 3.8) is 0 Å². The zero-order valence-electron chi connectivity index (χ0n) is 20.4. The second-order valence-electron chi connectivity index (χ2n) is 8.67. The number of aliphatic carboxylic acids is 1. The van der Waals surface area contributed by atoms with E-state index in [1.807, 2.05) is 6.07 Å². The SMILES string of the molecule is CCN1CCN(c2c(C=C3SC(=S)N(CCCCCC(=O)O)C3=O)c(C)c(C#N)c(=O)n2C)CC1. The number of amides is 1. The first-order chi connectivity index (χ1) is 16.7. The van der Waals surface area contributed by atoms with Crippen LogP contribution in [0.25, 0.3) is 6.08 Å². The van der Waals surface area contributed by atoms with Crippen LogP contribution in [-0.2, 0) is 16.6 Å². The lowest BCUT2D eigenvalue weighted by atomic mass is 10.0. The first kappa shape index (κ1) is 26.9. The van der Waals surface area contributed by atoms with Gasteiger partial charge in [-0.05, 0) is 37.9 Å². The van der Waals surface area contributed by atoms with Crippen molar-refractivity contribution in [2.45, 2.75) is 39.5 Å². The Labute approximate surface area is 215 Å². The molecule has 0 radical (unpaired) electrons. The van der Waals surface area contributed by atoms with E-state index in [2.05, 4.69) is 16.7 Å². The zero-order valence-corrected chi connectivity index (χ0v) is 22.0. The number of unbranched alkanes of at least 4 members (excludes halogenated alkanes) is 2. The lowest BCUT2D eigenvalue weighted by Crippen LogP contribution is -2.48. The Hall–Kier alpha value is -2.68. The number of hydrogen-bond donors (Lipinski definition) is 1. The van der Waals surface area contributed by atoms with Crippen molar-refractivity contribution in [2.75, 3.05) is 44.2 Å². The van der Waals surface area contributed by atoms with Crippen LogP contribution < -0.4 is 10.5 Å². The minimum atomic E-state index is -0.824. The molecule has 0 bridgehead atoms. The van der Waals surface area contributed by atoms with Crippen LogP contribution in [-0.4, -0.2) is 74.9 Å². The second-order valence-corrected chi connectivity index (χ2v) is 10.3. The largest absolute Gasteiger partial charge is 0.481 e. The summed E-state index contributed by atoms with van der Waals surface area (Å²) in [7, 11) is 1.67. The molecule has 2 aliphatic rings. The van der Waals surface area contributed by atoms with Gasteiger partial charge in [-0.3, -0.25) is 23.9 Å². The fraction of sp³-hybridized carbons (Fsp3) is 0.542. The molecule has 0 spiro atoms. The quantitative estimate of drug-likeness (QED) is 0.300. The van der Waals surface area contributed by atoms with Gasteiger partial charge in [-0.1, -0.05) is 37.3 Å². The van der Waals surface area contributed by atoms with E-state index in [4.69, 9.17) is 17.3 Å². The number of hydrogen-bond acceptors (Lipinski definition) is 8. The number of rotatable bonds is 9. The molecule has 0 saturated carbocycles. The fourth-order valence-corrected chi connectivity index (χ4v) is 5.71. The number of nitrogens with zero attached hydrogens (tertiary/aromatic N) is 5. The summed E-state index contributed by atoms with van der Waals surface area (Å²) in [6.45, 7) is 8.49. The van der Waals surface area contributed by atoms with E-state index in [0.29, 0.717) is 52.0 Å². The van der Waals surface area contributed by atoms with Crippen LogP contribution in [0.2, 0.25) is 0 Å². The van der Waals surface area contributed by atoms with Crippen LogP contribution in [0.5, 0.6) is 0 Å². The number of aromatic nitrogens is 1. The smallest absolute Gasteiger partial charge is 0.303 e. The van der Waals surface area contributed by atoms with Crippen LogP contribution in [0.3, 0.4) is 0 Å². The highest BCUT2D eigenvalue weighted by molar-refractivity contribution is 8.26. The zero-order chi connectivity index (χ0) is 25.7. The number of carboxylic acids is 1. The lowest BCUT2D eigenvalue weighted by molar-refractivity contribution is -0.137. The van der Waals surface area contributed by atoms with Crippen LogP contribution in [0.1, 0.15) is 49.3 Å². The summed E-state index contributed by atoms with van der Waals surface area (Å²) in [6, 6.07) is 2.03. The number of thioether (sulfide) groups is 1. The topological polar surface area (TPSA) is 110 Å². The molecular weight excluding hydrogens is 486 g/mol. The van der Waals surface area contributed by atoms with Crippen molar-refractivity contribution in [2.24, 2.45) is 7.05 Å². The molecule has 1 amide bonds. The molecule has 1 aromatic heterocycles. The van der Waals surface area contributed by atoms with Gasteiger partial charge in [0.25, 0.3) is 11.5 Å². The Balaban J connectivity index is 1.91. The minimum Gasteiger partial charge on any atom is -0.481 e. The molecule has 3 rings (SSSR count). The summed E-state index contributed by atoms with van der Waals surface area (Å²) in [5.41, 5.74) is 0.977. The maximum Gasteiger partial charge on any atom is 0.303 e. The van der Waals surface area contributed by atoms with E-state index < -0.39 is 5.97 Å². The molecule has 35 heavy (non-hydrogen) atoms. The van der Waals surface area contributed by atoms with E-state index in [-0.39, 0.29) is 23.5 Å². The van der Waals surface area contributed by atoms with Gasteiger partial charge in [0, 0.05) is 51.8 Å². The molecule has 3 heterocycles. The third-order valence-corrected chi connectivity index (χ3v) is 7.89. The number of carbonyl (C=O) groups is 2. The van der Waals surface area contributed by atoms with Gasteiger partial charge in [-0.25, -0.2) is 0 Å². The van der Waals surface area contributed by atoms with Crippen molar-refractivity contribution in [1.29, 1.82) is 5.26 Å². The number of nitriles is 1. The fourth-order valence-electron chi connectivity index (χ4n) is 4.42. The Kier molecular flexibility index (Phi) is 9.10. The van der Waals surface area contributed by atoms with Crippen LogP contribution in [0.4, 0.5) is 5.82 Å². The number of carbonyl (C=O) groups excluding carboxylic acids is 1.